The van der Waals surface area contributed by atoms with Crippen LogP contribution in [0.1, 0.15) is 5.56 Å². The van der Waals surface area contributed by atoms with Crippen molar-refractivity contribution in [3.8, 4) is 17.0 Å². The highest BCUT2D eigenvalue weighted by atomic mass is 32.1. The minimum Gasteiger partial charge on any atom is -0.484 e. The van der Waals surface area contributed by atoms with Crippen molar-refractivity contribution < 1.29 is 22.7 Å². The third-order valence-corrected chi connectivity index (χ3v) is 4.38. The number of alkyl halides is 3. The zero-order valence-electron chi connectivity index (χ0n) is 15.1. The fraction of sp³-hybridized carbons (Fsp3) is 0.111. The van der Waals surface area contributed by atoms with Gasteiger partial charge in [-0.2, -0.15) is 13.2 Å². The highest BCUT2D eigenvalue weighted by Gasteiger charge is 2.33. The zero-order valence-corrected chi connectivity index (χ0v) is 16.7. The van der Waals surface area contributed by atoms with Crippen molar-refractivity contribution in [1.82, 2.24) is 20.4 Å². The second-order valence-corrected chi connectivity index (χ2v) is 6.79. The molecule has 0 aliphatic rings. The number of rotatable bonds is 5. The van der Waals surface area contributed by atoms with Crippen LogP contribution in [0.3, 0.4) is 0 Å². The monoisotopic (exact) mass is 453 g/mol. The van der Waals surface area contributed by atoms with E-state index in [9.17, 15) is 18.0 Å². The molecule has 1 aromatic heterocycles. The molecule has 156 valence electrons. The first-order valence-electron chi connectivity index (χ1n) is 8.35. The van der Waals surface area contributed by atoms with Crippen LogP contribution in [0.2, 0.25) is 0 Å². The normalized spacial score (nSPS) is 10.9. The molecule has 0 radical (unpaired) electrons. The predicted octanol–water partition coefficient (Wildman–Crippen LogP) is 3.62. The predicted molar refractivity (Wildman–Crippen MR) is 110 cm³/mol. The Bertz CT molecular complexity index is 1010. The molecule has 3 rings (SSSR count). The molecule has 0 atom stereocenters. The maximum atomic E-state index is 13.0. The van der Waals surface area contributed by atoms with Crippen LogP contribution >= 0.6 is 23.8 Å². The van der Waals surface area contributed by atoms with Crippen molar-refractivity contribution >= 4 is 40.5 Å². The molecule has 1 heterocycles. The minimum atomic E-state index is -4.54. The van der Waals surface area contributed by atoms with E-state index >= 15 is 0 Å². The number of nitrogens with one attached hydrogen (secondary N) is 3. The van der Waals surface area contributed by atoms with Crippen molar-refractivity contribution in [2.24, 2.45) is 0 Å². The fourth-order valence-electron chi connectivity index (χ4n) is 2.32. The average Bonchev–Trinajstić information content (AvgIpc) is 3.25. The van der Waals surface area contributed by atoms with Crippen molar-refractivity contribution in [1.29, 1.82) is 0 Å². The Kier molecular flexibility index (Phi) is 6.79. The maximum absolute atomic E-state index is 13.0. The summed E-state index contributed by atoms with van der Waals surface area (Å²) in [6.45, 7) is -0.327. The molecule has 0 spiro atoms. The Morgan fingerprint density at radius 2 is 1.83 bits per heavy atom. The first kappa shape index (κ1) is 21.5. The van der Waals surface area contributed by atoms with Crippen molar-refractivity contribution in [2.45, 2.75) is 6.18 Å². The number of amides is 1. The lowest BCUT2D eigenvalue weighted by atomic mass is 10.2. The molecular formula is C18H14F3N5O2S2. The molecule has 0 fully saturated rings. The van der Waals surface area contributed by atoms with Crippen LogP contribution in [0.25, 0.3) is 11.3 Å². The van der Waals surface area contributed by atoms with Gasteiger partial charge in [-0.05, 0) is 60.1 Å². The van der Waals surface area contributed by atoms with Crippen LogP contribution in [0, 0.1) is 0 Å². The van der Waals surface area contributed by atoms with Gasteiger partial charge >= 0.3 is 6.18 Å². The molecule has 0 bridgehead atoms. The molecule has 1 amide bonds. The summed E-state index contributed by atoms with van der Waals surface area (Å²) >= 11 is 6.15. The number of nitrogens with zero attached hydrogens (tertiary/aromatic N) is 2. The Hall–Kier alpha value is -3.25. The molecule has 30 heavy (non-hydrogen) atoms. The Morgan fingerprint density at radius 3 is 2.50 bits per heavy atom. The molecule has 12 heteroatoms. The van der Waals surface area contributed by atoms with Gasteiger partial charge in [0.2, 0.25) is 0 Å². The number of para-hydroxylation sites is 1. The van der Waals surface area contributed by atoms with Crippen LogP contribution in [0.5, 0.6) is 5.75 Å². The Balaban J connectivity index is 1.45. The van der Waals surface area contributed by atoms with Gasteiger partial charge in [-0.3, -0.25) is 15.6 Å². The van der Waals surface area contributed by atoms with Gasteiger partial charge in [0, 0.05) is 10.9 Å². The van der Waals surface area contributed by atoms with Gasteiger partial charge in [-0.15, -0.1) is 5.10 Å². The highest BCUT2D eigenvalue weighted by Crippen LogP contribution is 2.34. The van der Waals surface area contributed by atoms with Gasteiger partial charge < -0.3 is 10.1 Å². The average molecular weight is 453 g/mol. The fourth-order valence-corrected chi connectivity index (χ4v) is 2.94. The standard InChI is InChI=1S/C18H14F3N5O2S2/c19-18(20,21)13-3-1-2-4-14(13)22-17(29)25-24-16(27)9-28-12-7-5-11(6-8-12)15-10-30-26-23-15/h1-8,10H,9H2,(H,24,27)(H2,22,25,29). The number of anilines is 1. The maximum Gasteiger partial charge on any atom is 0.418 e. The van der Waals surface area contributed by atoms with Gasteiger partial charge in [-0.25, -0.2) is 0 Å². The number of aromatic nitrogens is 2. The molecule has 0 saturated heterocycles. The Morgan fingerprint density at radius 1 is 1.10 bits per heavy atom. The van der Waals surface area contributed by atoms with E-state index in [1.807, 2.05) is 0 Å². The number of carbonyl (C=O) groups is 1. The quantitative estimate of drug-likeness (QED) is 0.402. The summed E-state index contributed by atoms with van der Waals surface area (Å²) in [7, 11) is 0. The van der Waals surface area contributed by atoms with E-state index in [1.165, 1.54) is 29.7 Å². The highest BCUT2D eigenvalue weighted by molar-refractivity contribution is 7.80. The van der Waals surface area contributed by atoms with Crippen LogP contribution < -0.4 is 20.9 Å². The van der Waals surface area contributed by atoms with Crippen molar-refractivity contribution in [3.63, 3.8) is 0 Å². The molecule has 2 aromatic carbocycles. The molecule has 7 nitrogen and oxygen atoms in total. The summed E-state index contributed by atoms with van der Waals surface area (Å²) in [5, 5.41) is 7.95. The number of halogens is 3. The van der Waals surface area contributed by atoms with Gasteiger partial charge in [0.15, 0.2) is 11.7 Å². The van der Waals surface area contributed by atoms with Gasteiger partial charge in [0.05, 0.1) is 11.3 Å². The van der Waals surface area contributed by atoms with Gasteiger partial charge in [0.1, 0.15) is 11.4 Å². The number of benzene rings is 2. The van der Waals surface area contributed by atoms with Crippen molar-refractivity contribution in [3.05, 3.63) is 59.5 Å². The smallest absolute Gasteiger partial charge is 0.418 e. The first-order valence-corrected chi connectivity index (χ1v) is 9.60. The first-order chi connectivity index (χ1) is 14.3. The lowest BCUT2D eigenvalue weighted by Crippen LogP contribution is -2.45. The van der Waals surface area contributed by atoms with E-state index in [0.29, 0.717) is 5.75 Å². The Labute approximate surface area is 178 Å². The van der Waals surface area contributed by atoms with E-state index < -0.39 is 17.6 Å². The lowest BCUT2D eigenvalue weighted by molar-refractivity contribution is -0.137. The van der Waals surface area contributed by atoms with E-state index in [-0.39, 0.29) is 17.4 Å². The van der Waals surface area contributed by atoms with Crippen LogP contribution in [-0.4, -0.2) is 27.2 Å². The van der Waals surface area contributed by atoms with E-state index in [0.717, 1.165) is 17.3 Å². The SMILES string of the molecule is O=C(COc1ccc(-c2csnn2)cc1)NNC(=S)Nc1ccccc1C(F)(F)F. The van der Waals surface area contributed by atoms with Crippen LogP contribution in [-0.2, 0) is 11.0 Å². The largest absolute Gasteiger partial charge is 0.484 e. The molecule has 0 aliphatic heterocycles. The third-order valence-electron chi connectivity index (χ3n) is 3.68. The molecule has 3 N–H and O–H groups in total. The number of thiocarbonyl (C=S) groups is 1. The zero-order chi connectivity index (χ0) is 21.6. The van der Waals surface area contributed by atoms with Crippen LogP contribution in [0.15, 0.2) is 53.9 Å². The summed E-state index contributed by atoms with van der Waals surface area (Å²) in [4.78, 5) is 11.9. The van der Waals surface area contributed by atoms with Gasteiger partial charge in [0.25, 0.3) is 5.91 Å². The summed E-state index contributed by atoms with van der Waals surface area (Å²) in [5.41, 5.74) is 5.07. The number of hydrogen-bond donors (Lipinski definition) is 3. The second-order valence-electron chi connectivity index (χ2n) is 5.77. The van der Waals surface area contributed by atoms with E-state index in [1.54, 1.807) is 29.6 Å². The number of hydrogen-bond acceptors (Lipinski definition) is 6. The van der Waals surface area contributed by atoms with Gasteiger partial charge in [-0.1, -0.05) is 16.6 Å². The van der Waals surface area contributed by atoms with E-state index in [2.05, 4.69) is 25.8 Å². The third kappa shape index (κ3) is 5.87. The van der Waals surface area contributed by atoms with E-state index in [4.69, 9.17) is 17.0 Å². The van der Waals surface area contributed by atoms with Crippen molar-refractivity contribution in [2.75, 3.05) is 11.9 Å². The summed E-state index contributed by atoms with van der Waals surface area (Å²) in [5.74, 6) is -0.118. The summed E-state index contributed by atoms with van der Waals surface area (Å²) in [6, 6.07) is 11.8. The molecule has 0 aliphatic carbocycles. The number of ether oxygens (including phenoxy) is 1. The lowest BCUT2D eigenvalue weighted by Gasteiger charge is -2.16. The number of carbonyl (C=O) groups excluding carboxylic acids is 1. The molecular weight excluding hydrogens is 439 g/mol. The summed E-state index contributed by atoms with van der Waals surface area (Å²) < 4.78 is 48.1. The van der Waals surface area contributed by atoms with Crippen LogP contribution in [0.4, 0.5) is 18.9 Å². The second kappa shape index (κ2) is 9.50. The minimum absolute atomic E-state index is 0.207. The topological polar surface area (TPSA) is 88.2 Å². The number of hydrazine groups is 1. The molecule has 0 unspecified atom stereocenters. The molecule has 0 saturated carbocycles. The summed E-state index contributed by atoms with van der Waals surface area (Å²) in [6.07, 6.45) is -4.54. The molecule has 3 aromatic rings.